The summed E-state index contributed by atoms with van der Waals surface area (Å²) < 4.78 is 0. The Balaban J connectivity index is 1.94. The van der Waals surface area contributed by atoms with Crippen LogP contribution in [-0.4, -0.2) is 23.1 Å². The van der Waals surface area contributed by atoms with Crippen molar-refractivity contribution >= 4 is 11.8 Å². The Morgan fingerprint density at radius 1 is 1.44 bits per heavy atom. The molecule has 16 heavy (non-hydrogen) atoms. The summed E-state index contributed by atoms with van der Waals surface area (Å²) in [6, 6.07) is 1.73. The minimum Gasteiger partial charge on any atom is -0.384 e. The first-order chi connectivity index (χ1) is 7.79. The summed E-state index contributed by atoms with van der Waals surface area (Å²) in [5.41, 5.74) is 5.66. The van der Waals surface area contributed by atoms with E-state index in [9.17, 15) is 0 Å². The molecule has 1 aliphatic heterocycles. The SMILES string of the molecule is CCCC1CCN(c2nccc(N)n2)CC1. The summed E-state index contributed by atoms with van der Waals surface area (Å²) in [7, 11) is 0. The molecule has 0 spiro atoms. The first-order valence-electron chi connectivity index (χ1n) is 6.13. The lowest BCUT2D eigenvalue weighted by Crippen LogP contribution is -2.34. The number of hydrogen-bond donors (Lipinski definition) is 1. The van der Waals surface area contributed by atoms with E-state index in [0.717, 1.165) is 25.0 Å². The summed E-state index contributed by atoms with van der Waals surface area (Å²) in [6.07, 6.45) is 6.89. The van der Waals surface area contributed by atoms with Crippen LogP contribution < -0.4 is 10.6 Å². The number of nitrogen functional groups attached to an aromatic ring is 1. The Labute approximate surface area is 96.9 Å². The first-order valence-corrected chi connectivity index (χ1v) is 6.13. The van der Waals surface area contributed by atoms with Crippen LogP contribution in [0.1, 0.15) is 32.6 Å². The van der Waals surface area contributed by atoms with Gasteiger partial charge in [0.25, 0.3) is 0 Å². The highest BCUT2D eigenvalue weighted by atomic mass is 15.3. The van der Waals surface area contributed by atoms with Gasteiger partial charge in [-0.2, -0.15) is 4.98 Å². The molecule has 1 aromatic heterocycles. The number of nitrogens with zero attached hydrogens (tertiary/aromatic N) is 3. The molecule has 0 atom stereocenters. The van der Waals surface area contributed by atoms with E-state index in [1.807, 2.05) is 0 Å². The van der Waals surface area contributed by atoms with E-state index in [1.165, 1.54) is 25.7 Å². The lowest BCUT2D eigenvalue weighted by molar-refractivity contribution is 0.376. The van der Waals surface area contributed by atoms with Gasteiger partial charge in [0.1, 0.15) is 5.82 Å². The molecule has 1 fully saturated rings. The lowest BCUT2D eigenvalue weighted by Gasteiger charge is -2.31. The van der Waals surface area contributed by atoms with E-state index in [1.54, 1.807) is 12.3 Å². The van der Waals surface area contributed by atoms with E-state index in [-0.39, 0.29) is 0 Å². The number of rotatable bonds is 3. The molecule has 1 aromatic rings. The minimum atomic E-state index is 0.556. The average molecular weight is 220 g/mol. The molecule has 0 unspecified atom stereocenters. The highest BCUT2D eigenvalue weighted by Crippen LogP contribution is 2.23. The van der Waals surface area contributed by atoms with Crippen molar-refractivity contribution in [2.75, 3.05) is 23.7 Å². The number of aromatic nitrogens is 2. The summed E-state index contributed by atoms with van der Waals surface area (Å²) >= 11 is 0. The number of piperidine rings is 1. The van der Waals surface area contributed by atoms with Crippen LogP contribution in [0.25, 0.3) is 0 Å². The second kappa shape index (κ2) is 5.14. The molecule has 2 heterocycles. The quantitative estimate of drug-likeness (QED) is 0.847. The average Bonchev–Trinajstić information content (AvgIpc) is 2.30. The van der Waals surface area contributed by atoms with Crippen LogP contribution in [0, 0.1) is 5.92 Å². The van der Waals surface area contributed by atoms with E-state index >= 15 is 0 Å². The Kier molecular flexibility index (Phi) is 3.59. The van der Waals surface area contributed by atoms with Gasteiger partial charge in [-0.05, 0) is 24.8 Å². The van der Waals surface area contributed by atoms with Crippen molar-refractivity contribution in [3.05, 3.63) is 12.3 Å². The van der Waals surface area contributed by atoms with Gasteiger partial charge in [-0.15, -0.1) is 0 Å². The second-order valence-corrected chi connectivity index (χ2v) is 4.50. The Bertz CT molecular complexity index is 332. The van der Waals surface area contributed by atoms with Crippen LogP contribution in [0.3, 0.4) is 0 Å². The molecule has 4 nitrogen and oxygen atoms in total. The van der Waals surface area contributed by atoms with Crippen LogP contribution in [-0.2, 0) is 0 Å². The smallest absolute Gasteiger partial charge is 0.227 e. The molecule has 0 aromatic carbocycles. The van der Waals surface area contributed by atoms with Gasteiger partial charge in [0.15, 0.2) is 0 Å². The number of anilines is 2. The predicted octanol–water partition coefficient (Wildman–Crippen LogP) is 2.08. The first kappa shape index (κ1) is 11.2. The minimum absolute atomic E-state index is 0.556. The number of nitrogens with two attached hydrogens (primary N) is 1. The maximum Gasteiger partial charge on any atom is 0.227 e. The molecular formula is C12H20N4. The van der Waals surface area contributed by atoms with Crippen molar-refractivity contribution in [2.45, 2.75) is 32.6 Å². The Morgan fingerprint density at radius 2 is 2.19 bits per heavy atom. The van der Waals surface area contributed by atoms with Gasteiger partial charge in [-0.25, -0.2) is 4.98 Å². The predicted molar refractivity (Wildman–Crippen MR) is 66.3 cm³/mol. The molecule has 0 bridgehead atoms. The zero-order valence-corrected chi connectivity index (χ0v) is 9.89. The Morgan fingerprint density at radius 3 is 2.81 bits per heavy atom. The summed E-state index contributed by atoms with van der Waals surface area (Å²) in [5.74, 6) is 2.23. The normalized spacial score (nSPS) is 17.7. The highest BCUT2D eigenvalue weighted by molar-refractivity contribution is 5.37. The lowest BCUT2D eigenvalue weighted by atomic mass is 9.93. The van der Waals surface area contributed by atoms with Crippen molar-refractivity contribution in [3.63, 3.8) is 0 Å². The van der Waals surface area contributed by atoms with Gasteiger partial charge in [-0.3, -0.25) is 0 Å². The molecule has 0 amide bonds. The fraction of sp³-hybridized carbons (Fsp3) is 0.667. The monoisotopic (exact) mass is 220 g/mol. The van der Waals surface area contributed by atoms with Crippen molar-refractivity contribution < 1.29 is 0 Å². The van der Waals surface area contributed by atoms with E-state index in [2.05, 4.69) is 21.8 Å². The molecule has 4 heteroatoms. The summed E-state index contributed by atoms with van der Waals surface area (Å²) in [4.78, 5) is 10.8. The van der Waals surface area contributed by atoms with Gasteiger partial charge in [0.2, 0.25) is 5.95 Å². The summed E-state index contributed by atoms with van der Waals surface area (Å²) in [6.45, 7) is 4.38. The molecule has 0 radical (unpaired) electrons. The van der Waals surface area contributed by atoms with E-state index < -0.39 is 0 Å². The second-order valence-electron chi connectivity index (χ2n) is 4.50. The fourth-order valence-corrected chi connectivity index (χ4v) is 2.34. The van der Waals surface area contributed by atoms with Gasteiger partial charge >= 0.3 is 0 Å². The van der Waals surface area contributed by atoms with Crippen molar-refractivity contribution in [3.8, 4) is 0 Å². The van der Waals surface area contributed by atoms with E-state index in [4.69, 9.17) is 5.73 Å². The van der Waals surface area contributed by atoms with Crippen LogP contribution >= 0.6 is 0 Å². The van der Waals surface area contributed by atoms with Gasteiger partial charge in [-0.1, -0.05) is 19.8 Å². The molecule has 0 saturated carbocycles. The van der Waals surface area contributed by atoms with Crippen molar-refractivity contribution in [2.24, 2.45) is 5.92 Å². The molecule has 2 N–H and O–H groups in total. The highest BCUT2D eigenvalue weighted by Gasteiger charge is 2.20. The third kappa shape index (κ3) is 2.62. The zero-order valence-electron chi connectivity index (χ0n) is 9.89. The molecule has 2 rings (SSSR count). The topological polar surface area (TPSA) is 55.0 Å². The third-order valence-corrected chi connectivity index (χ3v) is 3.26. The number of hydrogen-bond acceptors (Lipinski definition) is 4. The van der Waals surface area contributed by atoms with Gasteiger partial charge in [0, 0.05) is 19.3 Å². The maximum absolute atomic E-state index is 5.66. The van der Waals surface area contributed by atoms with Crippen LogP contribution in [0.2, 0.25) is 0 Å². The van der Waals surface area contributed by atoms with Gasteiger partial charge in [0.05, 0.1) is 0 Å². The summed E-state index contributed by atoms with van der Waals surface area (Å²) in [5, 5.41) is 0. The fourth-order valence-electron chi connectivity index (χ4n) is 2.34. The van der Waals surface area contributed by atoms with Gasteiger partial charge < -0.3 is 10.6 Å². The maximum atomic E-state index is 5.66. The molecular weight excluding hydrogens is 200 g/mol. The van der Waals surface area contributed by atoms with Crippen LogP contribution in [0.15, 0.2) is 12.3 Å². The Hall–Kier alpha value is -1.32. The van der Waals surface area contributed by atoms with E-state index in [0.29, 0.717) is 5.82 Å². The molecule has 0 aliphatic carbocycles. The van der Waals surface area contributed by atoms with Crippen LogP contribution in [0.4, 0.5) is 11.8 Å². The van der Waals surface area contributed by atoms with Crippen molar-refractivity contribution in [1.29, 1.82) is 0 Å². The van der Waals surface area contributed by atoms with Crippen molar-refractivity contribution in [1.82, 2.24) is 9.97 Å². The molecule has 88 valence electrons. The molecule has 1 saturated heterocycles. The van der Waals surface area contributed by atoms with Crippen LogP contribution in [0.5, 0.6) is 0 Å². The standard InChI is InChI=1S/C12H20N4/c1-2-3-10-5-8-16(9-6-10)12-14-7-4-11(13)15-12/h4,7,10H,2-3,5-6,8-9H2,1H3,(H2,13,14,15). The zero-order chi connectivity index (χ0) is 11.4. The third-order valence-electron chi connectivity index (χ3n) is 3.26. The molecule has 1 aliphatic rings. The largest absolute Gasteiger partial charge is 0.384 e.